The van der Waals surface area contributed by atoms with Crippen molar-refractivity contribution >= 4 is 11.8 Å². The fourth-order valence-corrected chi connectivity index (χ4v) is 3.10. The normalized spacial score (nSPS) is 12.3. The average molecular weight is 458 g/mol. The summed E-state index contributed by atoms with van der Waals surface area (Å²) in [4.78, 5) is 26.3. The summed E-state index contributed by atoms with van der Waals surface area (Å²) in [5.74, 6) is 0.833. The lowest BCUT2D eigenvalue weighted by molar-refractivity contribution is -0.132. The SMILES string of the molecule is CCCC(=O)N(CCC(C)C)CCC(C)(C)OCCC(C)(C)OCCC(=O)NCCNC. The second-order valence-electron chi connectivity index (χ2n) is 10.2. The Hall–Kier alpha value is -1.18. The zero-order chi connectivity index (χ0) is 24.6. The largest absolute Gasteiger partial charge is 0.375 e. The Morgan fingerprint density at radius 2 is 1.53 bits per heavy atom. The van der Waals surface area contributed by atoms with Gasteiger partial charge in [-0.05, 0) is 66.3 Å². The van der Waals surface area contributed by atoms with Gasteiger partial charge in [-0.2, -0.15) is 0 Å². The topological polar surface area (TPSA) is 79.9 Å². The van der Waals surface area contributed by atoms with Gasteiger partial charge in [0.25, 0.3) is 0 Å². The fourth-order valence-electron chi connectivity index (χ4n) is 3.10. The molecule has 0 aliphatic rings. The first-order valence-electron chi connectivity index (χ1n) is 12.4. The molecule has 0 aliphatic heterocycles. The maximum absolute atomic E-state index is 12.5. The van der Waals surface area contributed by atoms with E-state index in [0.717, 1.165) is 45.3 Å². The number of nitrogens with zero attached hydrogens (tertiary/aromatic N) is 1. The van der Waals surface area contributed by atoms with Crippen LogP contribution >= 0.6 is 0 Å². The van der Waals surface area contributed by atoms with E-state index < -0.39 is 0 Å². The molecule has 0 heterocycles. The first kappa shape index (κ1) is 30.8. The predicted octanol–water partition coefficient (Wildman–Crippen LogP) is 3.76. The molecule has 0 unspecified atom stereocenters. The number of ether oxygens (including phenoxy) is 2. The summed E-state index contributed by atoms with van der Waals surface area (Å²) in [6.07, 6.45) is 4.41. The van der Waals surface area contributed by atoms with Crippen molar-refractivity contribution in [3.63, 3.8) is 0 Å². The average Bonchev–Trinajstić information content (AvgIpc) is 2.67. The monoisotopic (exact) mass is 457 g/mol. The molecule has 0 radical (unpaired) electrons. The third-order valence-corrected chi connectivity index (χ3v) is 5.49. The molecule has 0 atom stereocenters. The van der Waals surface area contributed by atoms with E-state index in [0.29, 0.717) is 38.5 Å². The van der Waals surface area contributed by atoms with E-state index in [4.69, 9.17) is 9.47 Å². The lowest BCUT2D eigenvalue weighted by atomic mass is 10.0. The van der Waals surface area contributed by atoms with Crippen LogP contribution in [0.2, 0.25) is 0 Å². The van der Waals surface area contributed by atoms with E-state index in [-0.39, 0.29) is 23.0 Å². The zero-order valence-electron chi connectivity index (χ0n) is 22.1. The van der Waals surface area contributed by atoms with Crippen molar-refractivity contribution in [1.29, 1.82) is 0 Å². The Labute approximate surface area is 197 Å². The van der Waals surface area contributed by atoms with Gasteiger partial charge in [-0.3, -0.25) is 9.59 Å². The van der Waals surface area contributed by atoms with Gasteiger partial charge < -0.3 is 25.0 Å². The fraction of sp³-hybridized carbons (Fsp3) is 0.920. The van der Waals surface area contributed by atoms with Gasteiger partial charge in [0, 0.05) is 39.0 Å². The lowest BCUT2D eigenvalue weighted by Crippen LogP contribution is -2.38. The quantitative estimate of drug-likeness (QED) is 0.289. The Morgan fingerprint density at radius 1 is 0.906 bits per heavy atom. The van der Waals surface area contributed by atoms with Crippen molar-refractivity contribution in [1.82, 2.24) is 15.5 Å². The van der Waals surface area contributed by atoms with Crippen LogP contribution in [0.25, 0.3) is 0 Å². The zero-order valence-corrected chi connectivity index (χ0v) is 22.1. The number of rotatable bonds is 19. The number of amides is 2. The molecule has 190 valence electrons. The molecule has 7 heteroatoms. The molecule has 0 aromatic rings. The molecule has 0 rings (SSSR count). The highest BCUT2D eigenvalue weighted by Crippen LogP contribution is 2.20. The smallest absolute Gasteiger partial charge is 0.222 e. The van der Waals surface area contributed by atoms with E-state index in [1.54, 1.807) is 0 Å². The van der Waals surface area contributed by atoms with E-state index in [9.17, 15) is 9.59 Å². The number of hydrogen-bond donors (Lipinski definition) is 2. The Kier molecular flexibility index (Phi) is 15.8. The molecule has 7 nitrogen and oxygen atoms in total. The molecule has 0 fully saturated rings. The molecule has 0 saturated carbocycles. The summed E-state index contributed by atoms with van der Waals surface area (Å²) in [6, 6.07) is 0. The third-order valence-electron chi connectivity index (χ3n) is 5.49. The molecule has 2 N–H and O–H groups in total. The van der Waals surface area contributed by atoms with Gasteiger partial charge in [0.1, 0.15) is 0 Å². The predicted molar refractivity (Wildman–Crippen MR) is 132 cm³/mol. The number of hydrogen-bond acceptors (Lipinski definition) is 5. The highest BCUT2D eigenvalue weighted by Gasteiger charge is 2.24. The van der Waals surface area contributed by atoms with Crippen LogP contribution in [-0.4, -0.2) is 74.4 Å². The summed E-state index contributed by atoms with van der Waals surface area (Å²) in [6.45, 7) is 18.5. The van der Waals surface area contributed by atoms with E-state index in [1.165, 1.54) is 0 Å². The first-order valence-corrected chi connectivity index (χ1v) is 12.4. The highest BCUT2D eigenvalue weighted by molar-refractivity contribution is 5.76. The minimum absolute atomic E-state index is 0.00748. The maximum Gasteiger partial charge on any atom is 0.222 e. The number of nitrogens with one attached hydrogen (secondary N) is 2. The standard InChI is InChI=1S/C25H51N3O4/c1-9-10-23(30)28(17-11-21(2)3)18-13-24(4,5)32-20-14-25(6,7)31-19-12-22(29)27-16-15-26-8/h21,26H,9-20H2,1-8H3,(H,27,29). The molecule has 0 aliphatic carbocycles. The molecule has 2 amide bonds. The van der Waals surface area contributed by atoms with Crippen LogP contribution in [-0.2, 0) is 19.1 Å². The summed E-state index contributed by atoms with van der Waals surface area (Å²) in [7, 11) is 1.86. The minimum atomic E-state index is -0.359. The molecular formula is C25H51N3O4. The summed E-state index contributed by atoms with van der Waals surface area (Å²) in [5, 5.41) is 5.85. The minimum Gasteiger partial charge on any atom is -0.375 e. The van der Waals surface area contributed by atoms with Crippen molar-refractivity contribution in [2.75, 3.05) is 46.4 Å². The number of likely N-dealkylation sites (N-methyl/N-ethyl adjacent to an activating group) is 1. The van der Waals surface area contributed by atoms with Crippen molar-refractivity contribution < 1.29 is 19.1 Å². The van der Waals surface area contributed by atoms with Crippen LogP contribution in [0.15, 0.2) is 0 Å². The Balaban J connectivity index is 4.35. The van der Waals surface area contributed by atoms with Gasteiger partial charge in [-0.25, -0.2) is 0 Å². The second kappa shape index (κ2) is 16.4. The molecule has 0 aromatic heterocycles. The number of carbonyl (C=O) groups excluding carboxylic acids is 2. The van der Waals surface area contributed by atoms with Crippen molar-refractivity contribution in [2.24, 2.45) is 5.92 Å². The van der Waals surface area contributed by atoms with Gasteiger partial charge in [0.2, 0.25) is 11.8 Å². The third kappa shape index (κ3) is 16.5. The van der Waals surface area contributed by atoms with E-state index in [2.05, 4.69) is 38.3 Å². The van der Waals surface area contributed by atoms with Gasteiger partial charge in [-0.1, -0.05) is 20.8 Å². The molecular weight excluding hydrogens is 406 g/mol. The van der Waals surface area contributed by atoms with Crippen molar-refractivity contribution in [3.05, 3.63) is 0 Å². The lowest BCUT2D eigenvalue weighted by Gasteiger charge is -2.32. The van der Waals surface area contributed by atoms with Crippen LogP contribution < -0.4 is 10.6 Å². The van der Waals surface area contributed by atoms with Crippen molar-refractivity contribution in [2.45, 2.75) is 98.2 Å². The molecule has 0 saturated heterocycles. The van der Waals surface area contributed by atoms with Gasteiger partial charge in [0.15, 0.2) is 0 Å². The molecule has 0 bridgehead atoms. The van der Waals surface area contributed by atoms with Crippen LogP contribution in [0.4, 0.5) is 0 Å². The van der Waals surface area contributed by atoms with Gasteiger partial charge in [-0.15, -0.1) is 0 Å². The van der Waals surface area contributed by atoms with Crippen LogP contribution in [0.3, 0.4) is 0 Å². The van der Waals surface area contributed by atoms with Crippen LogP contribution in [0.5, 0.6) is 0 Å². The Morgan fingerprint density at radius 3 is 2.12 bits per heavy atom. The number of carbonyl (C=O) groups is 2. The molecule has 32 heavy (non-hydrogen) atoms. The second-order valence-corrected chi connectivity index (χ2v) is 10.2. The molecule has 0 aromatic carbocycles. The Bertz CT molecular complexity index is 521. The van der Waals surface area contributed by atoms with Crippen molar-refractivity contribution in [3.8, 4) is 0 Å². The summed E-state index contributed by atoms with van der Waals surface area (Å²) < 4.78 is 12.1. The van der Waals surface area contributed by atoms with Crippen LogP contribution in [0, 0.1) is 5.92 Å². The van der Waals surface area contributed by atoms with Crippen LogP contribution in [0.1, 0.15) is 87.0 Å². The maximum atomic E-state index is 12.5. The highest BCUT2D eigenvalue weighted by atomic mass is 16.5. The van der Waals surface area contributed by atoms with Gasteiger partial charge >= 0.3 is 0 Å². The summed E-state index contributed by atoms with van der Waals surface area (Å²) >= 11 is 0. The summed E-state index contributed by atoms with van der Waals surface area (Å²) in [5.41, 5.74) is -0.673. The first-order chi connectivity index (χ1) is 14.9. The van der Waals surface area contributed by atoms with E-state index in [1.807, 2.05) is 32.7 Å². The van der Waals surface area contributed by atoms with E-state index >= 15 is 0 Å². The molecule has 0 spiro atoms. The van der Waals surface area contributed by atoms with Gasteiger partial charge in [0.05, 0.1) is 24.4 Å².